The van der Waals surface area contributed by atoms with Crippen molar-refractivity contribution in [1.29, 1.82) is 0 Å². The molecule has 5 rings (SSSR count). The Hall–Kier alpha value is -1.43. The summed E-state index contributed by atoms with van der Waals surface area (Å²) in [5.74, 6) is 1.63. The number of hydrogen-bond acceptors (Lipinski definition) is 4. The zero-order chi connectivity index (χ0) is 27.5. The van der Waals surface area contributed by atoms with Gasteiger partial charge in [-0.3, -0.25) is 4.18 Å². The van der Waals surface area contributed by atoms with E-state index in [9.17, 15) is 13.5 Å². The Kier molecular flexibility index (Phi) is 7.31. The SMILES string of the molecule is CC(CC[C@@H](C)[C@H]1CC=C2C3=C(CC[C@@]21C)[C@@]1(C)CC[C@H](O)C(C)(C)[C@@H]1CC3)OS(=O)(=O)c1ccccc1. The van der Waals surface area contributed by atoms with Gasteiger partial charge in [0, 0.05) is 0 Å². The van der Waals surface area contributed by atoms with Gasteiger partial charge < -0.3 is 5.11 Å². The summed E-state index contributed by atoms with van der Waals surface area (Å²) < 4.78 is 30.9. The van der Waals surface area contributed by atoms with Crippen molar-refractivity contribution in [3.05, 3.63) is 53.1 Å². The topological polar surface area (TPSA) is 63.6 Å². The zero-order valence-corrected chi connectivity index (χ0v) is 25.1. The highest BCUT2D eigenvalue weighted by molar-refractivity contribution is 7.86. The Morgan fingerprint density at radius 3 is 2.39 bits per heavy atom. The van der Waals surface area contributed by atoms with Crippen molar-refractivity contribution in [3.8, 4) is 0 Å². The minimum atomic E-state index is -3.73. The summed E-state index contributed by atoms with van der Waals surface area (Å²) in [6.45, 7) is 13.8. The van der Waals surface area contributed by atoms with Crippen LogP contribution in [0.4, 0.5) is 0 Å². The molecular weight excluding hydrogens is 492 g/mol. The molecule has 0 heterocycles. The molecule has 1 saturated carbocycles. The Morgan fingerprint density at radius 1 is 0.974 bits per heavy atom. The van der Waals surface area contributed by atoms with Crippen LogP contribution < -0.4 is 0 Å². The second kappa shape index (κ2) is 9.89. The van der Waals surface area contributed by atoms with Gasteiger partial charge in [-0.05, 0) is 122 Å². The van der Waals surface area contributed by atoms with Crippen molar-refractivity contribution >= 4 is 10.1 Å². The molecule has 1 N–H and O–H groups in total. The molecule has 4 aliphatic rings. The number of benzene rings is 1. The van der Waals surface area contributed by atoms with E-state index in [1.165, 1.54) is 19.3 Å². The first-order chi connectivity index (χ1) is 17.8. The van der Waals surface area contributed by atoms with Gasteiger partial charge in [0.2, 0.25) is 0 Å². The third kappa shape index (κ3) is 4.55. The normalized spacial score (nSPS) is 36.1. The first-order valence-electron chi connectivity index (χ1n) is 14.9. The largest absolute Gasteiger partial charge is 0.393 e. The number of rotatable bonds is 7. The molecule has 0 amide bonds. The van der Waals surface area contributed by atoms with Gasteiger partial charge in [0.25, 0.3) is 10.1 Å². The molecule has 0 bridgehead atoms. The first kappa shape index (κ1) is 28.1. The van der Waals surface area contributed by atoms with Crippen molar-refractivity contribution in [2.24, 2.45) is 34.0 Å². The number of allylic oxidation sites excluding steroid dienone is 4. The second-order valence-electron chi connectivity index (χ2n) is 13.9. The van der Waals surface area contributed by atoms with Crippen LogP contribution in [0, 0.1) is 34.0 Å². The van der Waals surface area contributed by atoms with Crippen molar-refractivity contribution in [3.63, 3.8) is 0 Å². The van der Waals surface area contributed by atoms with E-state index >= 15 is 0 Å². The van der Waals surface area contributed by atoms with Crippen molar-refractivity contribution in [1.82, 2.24) is 0 Å². The maximum Gasteiger partial charge on any atom is 0.297 e. The predicted octanol–water partition coefficient (Wildman–Crippen LogP) is 7.84. The maximum atomic E-state index is 12.7. The molecule has 38 heavy (non-hydrogen) atoms. The van der Waals surface area contributed by atoms with Gasteiger partial charge in [-0.1, -0.05) is 64.5 Å². The van der Waals surface area contributed by atoms with Gasteiger partial charge in [-0.2, -0.15) is 8.42 Å². The summed E-state index contributed by atoms with van der Waals surface area (Å²) in [5, 5.41) is 10.8. The monoisotopic (exact) mass is 540 g/mol. The lowest BCUT2D eigenvalue weighted by Gasteiger charge is -2.59. The molecule has 5 heteroatoms. The molecule has 0 aromatic heterocycles. The maximum absolute atomic E-state index is 12.7. The van der Waals surface area contributed by atoms with Crippen LogP contribution in [0.3, 0.4) is 0 Å². The van der Waals surface area contributed by atoms with Crippen molar-refractivity contribution in [2.75, 3.05) is 0 Å². The standard InChI is InChI=1S/C33H48O4S/c1-22(12-13-23(2)37-38(35,36)24-10-8-7-9-11-24)26-15-16-27-25-14-17-29-31(3,4)30(34)19-21-33(29,6)28(25)18-20-32(26,27)5/h7-11,16,22-23,26,29-30,34H,12-15,17-21H2,1-6H3/t22-,23?,26-,29+,30+,32-,33-/m1/s1. The van der Waals surface area contributed by atoms with Crippen molar-refractivity contribution in [2.45, 2.75) is 116 Å². The minimum Gasteiger partial charge on any atom is -0.393 e. The molecule has 1 unspecified atom stereocenters. The van der Waals surface area contributed by atoms with Gasteiger partial charge in [0.05, 0.1) is 17.1 Å². The lowest BCUT2D eigenvalue weighted by atomic mass is 9.46. The van der Waals surface area contributed by atoms with E-state index in [1.807, 2.05) is 13.0 Å². The lowest BCUT2D eigenvalue weighted by Crippen LogP contribution is -2.53. The fourth-order valence-electron chi connectivity index (χ4n) is 9.18. The Balaban J connectivity index is 1.27. The summed E-state index contributed by atoms with van der Waals surface area (Å²) in [7, 11) is -3.73. The molecule has 0 aliphatic heterocycles. The van der Waals surface area contributed by atoms with Crippen LogP contribution in [-0.4, -0.2) is 25.7 Å². The number of hydrogen-bond donors (Lipinski definition) is 1. The van der Waals surface area contributed by atoms with Gasteiger partial charge in [0.1, 0.15) is 0 Å². The number of aliphatic hydroxyl groups is 1. The molecule has 0 spiro atoms. The predicted molar refractivity (Wildman–Crippen MR) is 153 cm³/mol. The van der Waals surface area contributed by atoms with E-state index in [4.69, 9.17) is 4.18 Å². The summed E-state index contributed by atoms with van der Waals surface area (Å²) in [6.07, 6.45) is 11.6. The average Bonchev–Trinajstić information content (AvgIpc) is 3.23. The lowest BCUT2D eigenvalue weighted by molar-refractivity contribution is -0.0905. The molecule has 7 atom stereocenters. The quantitative estimate of drug-likeness (QED) is 0.358. The van der Waals surface area contributed by atoms with Crippen LogP contribution in [0.1, 0.15) is 99.3 Å². The van der Waals surface area contributed by atoms with Crippen LogP contribution in [0.2, 0.25) is 0 Å². The van der Waals surface area contributed by atoms with E-state index in [1.54, 1.807) is 41.0 Å². The average molecular weight is 541 g/mol. The van der Waals surface area contributed by atoms with E-state index in [2.05, 4.69) is 40.7 Å². The smallest absolute Gasteiger partial charge is 0.297 e. The minimum absolute atomic E-state index is 0.0276. The van der Waals surface area contributed by atoms with Gasteiger partial charge in [-0.15, -0.1) is 0 Å². The van der Waals surface area contributed by atoms with E-state index in [-0.39, 0.29) is 33.3 Å². The second-order valence-corrected chi connectivity index (χ2v) is 15.5. The van der Waals surface area contributed by atoms with E-state index in [0.717, 1.165) is 38.5 Å². The molecule has 0 radical (unpaired) electrons. The third-order valence-corrected chi connectivity index (χ3v) is 12.9. The molecule has 210 valence electrons. The molecule has 1 aromatic carbocycles. The van der Waals surface area contributed by atoms with Gasteiger partial charge >= 0.3 is 0 Å². The van der Waals surface area contributed by atoms with Crippen molar-refractivity contribution < 1.29 is 17.7 Å². The highest BCUT2D eigenvalue weighted by atomic mass is 32.2. The highest BCUT2D eigenvalue weighted by Crippen LogP contribution is 2.66. The fraction of sp³-hybridized carbons (Fsp3) is 0.697. The fourth-order valence-corrected chi connectivity index (χ4v) is 10.3. The summed E-state index contributed by atoms with van der Waals surface area (Å²) in [6, 6.07) is 8.45. The van der Waals surface area contributed by atoms with Crippen LogP contribution >= 0.6 is 0 Å². The third-order valence-electron chi connectivity index (χ3n) is 11.5. The zero-order valence-electron chi connectivity index (χ0n) is 24.3. The molecule has 0 saturated heterocycles. The Labute approximate surface area is 231 Å². The Bertz CT molecular complexity index is 1210. The number of aliphatic hydroxyl groups excluding tert-OH is 1. The molecule has 1 aromatic rings. The number of fused-ring (bicyclic) bond motifs is 4. The Morgan fingerprint density at radius 2 is 1.68 bits per heavy atom. The van der Waals surface area contributed by atoms with Crippen LogP contribution in [0.5, 0.6) is 0 Å². The summed E-state index contributed by atoms with van der Waals surface area (Å²) in [4.78, 5) is 0.225. The first-order valence-corrected chi connectivity index (χ1v) is 16.3. The van der Waals surface area contributed by atoms with Crippen LogP contribution in [0.15, 0.2) is 58.0 Å². The van der Waals surface area contributed by atoms with Gasteiger partial charge in [0.15, 0.2) is 0 Å². The molecular formula is C33H48O4S. The molecule has 4 nitrogen and oxygen atoms in total. The van der Waals surface area contributed by atoms with Crippen LogP contribution in [0.25, 0.3) is 0 Å². The summed E-state index contributed by atoms with van der Waals surface area (Å²) >= 11 is 0. The van der Waals surface area contributed by atoms with E-state index in [0.29, 0.717) is 17.8 Å². The molecule has 1 fully saturated rings. The van der Waals surface area contributed by atoms with E-state index < -0.39 is 10.1 Å². The summed E-state index contributed by atoms with van der Waals surface area (Å²) in [5.41, 5.74) is 5.36. The molecule has 4 aliphatic carbocycles. The highest BCUT2D eigenvalue weighted by Gasteiger charge is 2.57. The van der Waals surface area contributed by atoms with Gasteiger partial charge in [-0.25, -0.2) is 0 Å². The van der Waals surface area contributed by atoms with Crippen LogP contribution in [-0.2, 0) is 14.3 Å².